The molecule has 9 aromatic rings. The molecule has 0 saturated carbocycles. The fourth-order valence-corrected chi connectivity index (χ4v) is 7.25. The van der Waals surface area contributed by atoms with Crippen LogP contribution in [0.4, 0.5) is 0 Å². The van der Waals surface area contributed by atoms with Gasteiger partial charge in [0.1, 0.15) is 0 Å². The molecule has 0 radical (unpaired) electrons. The number of hydrogen-bond acceptors (Lipinski definition) is 3. The number of hydrogen-bond donors (Lipinski definition) is 0. The Bertz CT molecular complexity index is 2480. The van der Waals surface area contributed by atoms with Gasteiger partial charge in [0.05, 0.1) is 5.52 Å². The van der Waals surface area contributed by atoms with Crippen molar-refractivity contribution in [1.29, 1.82) is 0 Å². The molecule has 0 fully saturated rings. The Labute approximate surface area is 291 Å². The molecule has 0 saturated heterocycles. The number of rotatable bonds is 5. The average Bonchev–Trinajstić information content (AvgIpc) is 3.72. The van der Waals surface area contributed by atoms with Crippen LogP contribution in [0.5, 0.6) is 0 Å². The van der Waals surface area contributed by atoms with Crippen LogP contribution in [0.25, 0.3) is 81.8 Å². The second-order valence-electron chi connectivity index (χ2n) is 11.3. The van der Waals surface area contributed by atoms with E-state index in [1.807, 2.05) is 30.5 Å². The van der Waals surface area contributed by atoms with Crippen molar-refractivity contribution in [3.63, 3.8) is 0 Å². The molecule has 0 unspecified atom stereocenters. The Morgan fingerprint density at radius 1 is 0.553 bits per heavy atom. The van der Waals surface area contributed by atoms with E-state index in [2.05, 4.69) is 143 Å². The van der Waals surface area contributed by atoms with Crippen LogP contribution in [0, 0.1) is 12.1 Å². The zero-order valence-corrected chi connectivity index (χ0v) is 28.1. The van der Waals surface area contributed by atoms with Gasteiger partial charge in [-0.1, -0.05) is 102 Å². The molecule has 224 valence electrons. The van der Waals surface area contributed by atoms with Gasteiger partial charge in [0.15, 0.2) is 0 Å². The molecule has 0 bridgehead atoms. The number of nitrogens with zero attached hydrogens (tertiary/aromatic N) is 3. The van der Waals surface area contributed by atoms with Gasteiger partial charge in [-0.05, 0) is 57.2 Å². The molecule has 0 aliphatic carbocycles. The Kier molecular flexibility index (Phi) is 7.61. The zero-order chi connectivity index (χ0) is 30.5. The van der Waals surface area contributed by atoms with Gasteiger partial charge in [0.25, 0.3) is 0 Å². The van der Waals surface area contributed by atoms with Gasteiger partial charge in [-0.2, -0.15) is 11.3 Å². The SMILES string of the molecule is [Pt+2].[c-]1c(-c2ccccn2)cccc1-n1c2[c-]c(-c3nc4ccccc4s3)ccc2c2cccc(-c3ccc(-c4ccccc4)cc3)c21. The maximum atomic E-state index is 4.96. The van der Waals surface area contributed by atoms with Gasteiger partial charge < -0.3 is 9.55 Å². The molecule has 0 amide bonds. The topological polar surface area (TPSA) is 30.7 Å². The largest absolute Gasteiger partial charge is 2.00 e. The third-order valence-electron chi connectivity index (χ3n) is 8.49. The van der Waals surface area contributed by atoms with Crippen molar-refractivity contribution in [2.24, 2.45) is 0 Å². The average molecular weight is 799 g/mol. The van der Waals surface area contributed by atoms with E-state index in [9.17, 15) is 0 Å². The predicted molar refractivity (Wildman–Crippen MR) is 191 cm³/mol. The van der Waals surface area contributed by atoms with Gasteiger partial charge in [0.2, 0.25) is 0 Å². The summed E-state index contributed by atoms with van der Waals surface area (Å²) in [5, 5.41) is 3.27. The van der Waals surface area contributed by atoms with Crippen LogP contribution in [0.2, 0.25) is 0 Å². The van der Waals surface area contributed by atoms with Crippen molar-refractivity contribution in [1.82, 2.24) is 14.5 Å². The second kappa shape index (κ2) is 12.2. The second-order valence-corrected chi connectivity index (χ2v) is 12.3. The van der Waals surface area contributed by atoms with Gasteiger partial charge in [-0.25, -0.2) is 0 Å². The molecule has 5 heteroatoms. The summed E-state index contributed by atoms with van der Waals surface area (Å²) in [6.07, 6.45) is 1.82. The summed E-state index contributed by atoms with van der Waals surface area (Å²) in [4.78, 5) is 9.57. The first-order valence-electron chi connectivity index (χ1n) is 15.3. The maximum absolute atomic E-state index is 4.96. The summed E-state index contributed by atoms with van der Waals surface area (Å²) in [5.74, 6) is 0. The molecule has 9 rings (SSSR count). The van der Waals surface area contributed by atoms with E-state index in [1.165, 1.54) is 21.2 Å². The van der Waals surface area contributed by atoms with E-state index in [0.717, 1.165) is 60.6 Å². The number of benzene rings is 6. The predicted octanol–water partition coefficient (Wildman–Crippen LogP) is 11.1. The molecule has 0 atom stereocenters. The van der Waals surface area contributed by atoms with Crippen molar-refractivity contribution < 1.29 is 21.1 Å². The fraction of sp³-hybridized carbons (Fsp3) is 0. The number of pyridine rings is 1. The van der Waals surface area contributed by atoms with Crippen LogP contribution in [0.3, 0.4) is 0 Å². The van der Waals surface area contributed by atoms with Gasteiger partial charge in [-0.3, -0.25) is 4.98 Å². The molecule has 0 aliphatic heterocycles. The molecule has 47 heavy (non-hydrogen) atoms. The molecule has 0 spiro atoms. The van der Waals surface area contributed by atoms with E-state index in [1.54, 1.807) is 11.3 Å². The smallest absolute Gasteiger partial charge is 0.345 e. The van der Waals surface area contributed by atoms with Crippen LogP contribution in [0.15, 0.2) is 152 Å². The first-order chi connectivity index (χ1) is 22.8. The van der Waals surface area contributed by atoms with Gasteiger partial charge >= 0.3 is 21.1 Å². The summed E-state index contributed by atoms with van der Waals surface area (Å²) >= 11 is 1.70. The molecular formula is C42H25N3PtS. The summed E-state index contributed by atoms with van der Waals surface area (Å²) < 4.78 is 3.48. The van der Waals surface area contributed by atoms with Crippen LogP contribution in [-0.2, 0) is 21.1 Å². The van der Waals surface area contributed by atoms with Crippen molar-refractivity contribution >= 4 is 43.4 Å². The normalized spacial score (nSPS) is 11.2. The summed E-state index contributed by atoms with van der Waals surface area (Å²) in [6, 6.07) is 58.4. The van der Waals surface area contributed by atoms with Gasteiger partial charge in [-0.15, -0.1) is 53.6 Å². The van der Waals surface area contributed by atoms with Crippen LogP contribution < -0.4 is 0 Å². The minimum atomic E-state index is 0. The Morgan fingerprint density at radius 2 is 1.32 bits per heavy atom. The maximum Gasteiger partial charge on any atom is 2.00 e. The molecule has 0 N–H and O–H groups in total. The first-order valence-corrected chi connectivity index (χ1v) is 16.1. The molecule has 3 nitrogen and oxygen atoms in total. The van der Waals surface area contributed by atoms with Crippen LogP contribution in [-0.4, -0.2) is 14.5 Å². The zero-order valence-electron chi connectivity index (χ0n) is 25.0. The molecule has 3 heterocycles. The van der Waals surface area contributed by atoms with Crippen molar-refractivity contribution in [2.45, 2.75) is 0 Å². The number of fused-ring (bicyclic) bond motifs is 4. The monoisotopic (exact) mass is 798 g/mol. The quantitative estimate of drug-likeness (QED) is 0.162. The molecule has 0 aliphatic rings. The van der Waals surface area contributed by atoms with Crippen LogP contribution >= 0.6 is 11.3 Å². The third-order valence-corrected chi connectivity index (χ3v) is 9.56. The van der Waals surface area contributed by atoms with E-state index in [0.29, 0.717) is 0 Å². The summed E-state index contributed by atoms with van der Waals surface area (Å²) in [7, 11) is 0. The van der Waals surface area contributed by atoms with Crippen molar-refractivity contribution in [3.8, 4) is 49.8 Å². The Balaban J connectivity index is 0.00000324. The third kappa shape index (κ3) is 5.20. The summed E-state index contributed by atoms with van der Waals surface area (Å²) in [5.41, 5.74) is 11.6. The van der Waals surface area contributed by atoms with Gasteiger partial charge in [0, 0.05) is 27.0 Å². The van der Waals surface area contributed by atoms with Crippen molar-refractivity contribution in [2.75, 3.05) is 0 Å². The molecule has 6 aromatic carbocycles. The van der Waals surface area contributed by atoms with E-state index < -0.39 is 0 Å². The van der Waals surface area contributed by atoms with Crippen LogP contribution in [0.1, 0.15) is 0 Å². The van der Waals surface area contributed by atoms with E-state index in [-0.39, 0.29) is 21.1 Å². The molecule has 3 aromatic heterocycles. The minimum absolute atomic E-state index is 0. The first kappa shape index (κ1) is 29.3. The van der Waals surface area contributed by atoms with E-state index in [4.69, 9.17) is 4.98 Å². The number of para-hydroxylation sites is 2. The van der Waals surface area contributed by atoms with E-state index >= 15 is 0 Å². The summed E-state index contributed by atoms with van der Waals surface area (Å²) in [6.45, 7) is 0. The number of thiazole rings is 1. The minimum Gasteiger partial charge on any atom is -0.345 e. The Morgan fingerprint density at radius 3 is 2.15 bits per heavy atom. The fourth-order valence-electron chi connectivity index (χ4n) is 6.31. The molecular weight excluding hydrogens is 774 g/mol. The number of aromatic nitrogens is 3. The standard InChI is InChI=1S/C42H25N3S.Pt/c1-2-10-28(11-3-1)29-19-21-30(22-20-29)34-14-9-15-36-35-24-23-32(42-44-38-17-4-5-18-40(38)46-42)27-39(35)45(41(34)36)33-13-8-12-31(26-33)37-16-6-7-25-43-37;/h1-25H;/q-2;+2. The Hall–Kier alpha value is -5.15. The van der Waals surface area contributed by atoms with Crippen molar-refractivity contribution in [3.05, 3.63) is 164 Å².